The maximum Gasteiger partial charge on any atom is 0.183 e. The fourth-order valence-electron chi connectivity index (χ4n) is 1.91. The summed E-state index contributed by atoms with van der Waals surface area (Å²) in [6.45, 7) is 0. The second kappa shape index (κ2) is 8.08. The standard InChI is InChI=1S/C16H16N4S/c1-21-16(19-12-17)20-15-4-2-3-14(11-15)6-5-13-7-9-18-10-8-13/h2-4,7-11H,5-6H2,1H3,(H,19,20). The number of nitriles is 1. The van der Waals surface area contributed by atoms with Gasteiger partial charge in [-0.15, -0.1) is 0 Å². The maximum absolute atomic E-state index is 8.65. The molecule has 1 aromatic carbocycles. The summed E-state index contributed by atoms with van der Waals surface area (Å²) in [5, 5.41) is 11.8. The summed E-state index contributed by atoms with van der Waals surface area (Å²) in [4.78, 5) is 8.44. The van der Waals surface area contributed by atoms with Crippen LogP contribution < -0.4 is 5.32 Å². The Kier molecular flexibility index (Phi) is 5.80. The van der Waals surface area contributed by atoms with E-state index in [-0.39, 0.29) is 0 Å². The van der Waals surface area contributed by atoms with Gasteiger partial charge in [-0.2, -0.15) is 5.26 Å². The zero-order valence-corrected chi connectivity index (χ0v) is 12.6. The Balaban J connectivity index is 2.06. The quantitative estimate of drug-likeness (QED) is 0.407. The molecular formula is C16H16N4S. The van der Waals surface area contributed by atoms with Gasteiger partial charge in [0.2, 0.25) is 0 Å². The van der Waals surface area contributed by atoms with Gasteiger partial charge in [0, 0.05) is 12.4 Å². The van der Waals surface area contributed by atoms with E-state index in [1.807, 2.05) is 49.1 Å². The van der Waals surface area contributed by atoms with Gasteiger partial charge in [-0.1, -0.05) is 23.9 Å². The monoisotopic (exact) mass is 296 g/mol. The number of thioether (sulfide) groups is 1. The minimum atomic E-state index is 0.601. The first kappa shape index (κ1) is 15.1. The number of benzene rings is 1. The van der Waals surface area contributed by atoms with E-state index in [1.165, 1.54) is 22.9 Å². The van der Waals surface area contributed by atoms with Crippen molar-refractivity contribution in [1.29, 1.82) is 5.26 Å². The third-order valence-electron chi connectivity index (χ3n) is 2.95. The first-order chi connectivity index (χ1) is 10.3. The summed E-state index contributed by atoms with van der Waals surface area (Å²) < 4.78 is 0. The smallest absolute Gasteiger partial charge is 0.183 e. The van der Waals surface area contributed by atoms with E-state index >= 15 is 0 Å². The minimum absolute atomic E-state index is 0.601. The molecule has 0 amide bonds. The average Bonchev–Trinajstić information content (AvgIpc) is 2.54. The van der Waals surface area contributed by atoms with Gasteiger partial charge < -0.3 is 0 Å². The molecule has 2 aromatic rings. The molecule has 0 atom stereocenters. The number of aromatic nitrogens is 1. The molecule has 0 aliphatic carbocycles. The van der Waals surface area contributed by atoms with Crippen LogP contribution in [0.25, 0.3) is 0 Å². The van der Waals surface area contributed by atoms with Crippen LogP contribution in [-0.2, 0) is 12.8 Å². The van der Waals surface area contributed by atoms with Crippen LogP contribution >= 0.6 is 11.8 Å². The summed E-state index contributed by atoms with van der Waals surface area (Å²) in [7, 11) is 0. The average molecular weight is 296 g/mol. The molecule has 4 nitrogen and oxygen atoms in total. The number of aryl methyl sites for hydroxylation is 2. The molecule has 0 saturated heterocycles. The van der Waals surface area contributed by atoms with Crippen molar-refractivity contribution in [1.82, 2.24) is 10.3 Å². The molecular weight excluding hydrogens is 280 g/mol. The molecule has 5 heteroatoms. The fraction of sp³-hybridized carbons (Fsp3) is 0.188. The molecule has 21 heavy (non-hydrogen) atoms. The van der Waals surface area contributed by atoms with Crippen molar-refractivity contribution >= 4 is 22.6 Å². The van der Waals surface area contributed by atoms with E-state index < -0.39 is 0 Å². The Hall–Kier alpha value is -2.32. The van der Waals surface area contributed by atoms with Crippen molar-refractivity contribution < 1.29 is 0 Å². The van der Waals surface area contributed by atoms with Crippen molar-refractivity contribution in [2.75, 3.05) is 6.26 Å². The highest BCUT2D eigenvalue weighted by atomic mass is 32.2. The third kappa shape index (κ3) is 4.93. The SMILES string of the molecule is CSC(=Nc1cccc(CCc2ccncc2)c1)NC#N. The molecule has 0 saturated carbocycles. The van der Waals surface area contributed by atoms with E-state index in [2.05, 4.69) is 27.4 Å². The zero-order chi connectivity index (χ0) is 14.9. The highest BCUT2D eigenvalue weighted by Gasteiger charge is 1.99. The Bertz CT molecular complexity index is 647. The van der Waals surface area contributed by atoms with Gasteiger partial charge in [-0.25, -0.2) is 4.99 Å². The molecule has 1 aromatic heterocycles. The molecule has 0 unspecified atom stereocenters. The summed E-state index contributed by atoms with van der Waals surface area (Å²) in [5.41, 5.74) is 3.36. The van der Waals surface area contributed by atoms with Crippen LogP contribution in [0.3, 0.4) is 0 Å². The zero-order valence-electron chi connectivity index (χ0n) is 11.8. The van der Waals surface area contributed by atoms with E-state index in [0.717, 1.165) is 18.5 Å². The Morgan fingerprint density at radius 1 is 1.24 bits per heavy atom. The molecule has 0 aliphatic heterocycles. The molecule has 1 heterocycles. The summed E-state index contributed by atoms with van der Waals surface area (Å²) >= 11 is 1.41. The van der Waals surface area contributed by atoms with Crippen LogP contribution in [0.15, 0.2) is 53.8 Å². The molecule has 0 aliphatic rings. The lowest BCUT2D eigenvalue weighted by Gasteiger charge is -2.04. The van der Waals surface area contributed by atoms with Gasteiger partial charge in [-0.05, 0) is 54.5 Å². The molecule has 0 fully saturated rings. The van der Waals surface area contributed by atoms with Crippen LogP contribution in [0.1, 0.15) is 11.1 Å². The molecule has 1 N–H and O–H groups in total. The number of rotatable bonds is 4. The summed E-state index contributed by atoms with van der Waals surface area (Å²) in [6, 6.07) is 12.1. The maximum atomic E-state index is 8.65. The number of pyridine rings is 1. The van der Waals surface area contributed by atoms with E-state index in [4.69, 9.17) is 5.26 Å². The predicted molar refractivity (Wildman–Crippen MR) is 87.4 cm³/mol. The Morgan fingerprint density at radius 3 is 2.71 bits per heavy atom. The lowest BCUT2D eigenvalue weighted by Crippen LogP contribution is -2.12. The highest BCUT2D eigenvalue weighted by Crippen LogP contribution is 2.17. The second-order valence-corrected chi connectivity index (χ2v) is 5.18. The van der Waals surface area contributed by atoms with Crippen molar-refractivity contribution in [2.45, 2.75) is 12.8 Å². The minimum Gasteiger partial charge on any atom is -0.271 e. The first-order valence-corrected chi connectivity index (χ1v) is 7.80. The van der Waals surface area contributed by atoms with Gasteiger partial charge >= 0.3 is 0 Å². The van der Waals surface area contributed by atoms with Crippen LogP contribution in [0, 0.1) is 11.5 Å². The summed E-state index contributed by atoms with van der Waals surface area (Å²) in [5.74, 6) is 0. The van der Waals surface area contributed by atoms with Crippen LogP contribution in [-0.4, -0.2) is 16.4 Å². The van der Waals surface area contributed by atoms with Gasteiger partial charge in [0.25, 0.3) is 0 Å². The number of amidine groups is 1. The molecule has 0 radical (unpaired) electrons. The predicted octanol–water partition coefficient (Wildman–Crippen LogP) is 3.29. The topological polar surface area (TPSA) is 61.1 Å². The largest absolute Gasteiger partial charge is 0.271 e. The number of nitrogens with one attached hydrogen (secondary N) is 1. The van der Waals surface area contributed by atoms with Gasteiger partial charge in [-0.3, -0.25) is 10.3 Å². The molecule has 0 bridgehead atoms. The Morgan fingerprint density at radius 2 is 2.00 bits per heavy atom. The van der Waals surface area contributed by atoms with Crippen LogP contribution in [0.5, 0.6) is 0 Å². The van der Waals surface area contributed by atoms with E-state index in [1.54, 1.807) is 0 Å². The number of hydrogen-bond donors (Lipinski definition) is 1. The highest BCUT2D eigenvalue weighted by molar-refractivity contribution is 8.13. The normalized spacial score (nSPS) is 11.0. The second-order valence-electron chi connectivity index (χ2n) is 4.38. The van der Waals surface area contributed by atoms with Crippen molar-refractivity contribution in [3.05, 3.63) is 59.9 Å². The van der Waals surface area contributed by atoms with E-state index in [0.29, 0.717) is 5.17 Å². The molecule has 2 rings (SSSR count). The number of aliphatic imine (C=N–C) groups is 1. The van der Waals surface area contributed by atoms with Crippen LogP contribution in [0.4, 0.5) is 5.69 Å². The number of nitrogens with zero attached hydrogens (tertiary/aromatic N) is 3. The molecule has 106 valence electrons. The number of hydrogen-bond acceptors (Lipinski definition) is 4. The lowest BCUT2D eigenvalue weighted by molar-refractivity contribution is 0.955. The fourth-order valence-corrected chi connectivity index (χ4v) is 2.25. The van der Waals surface area contributed by atoms with Crippen molar-refractivity contribution in [2.24, 2.45) is 4.99 Å². The first-order valence-electron chi connectivity index (χ1n) is 6.57. The van der Waals surface area contributed by atoms with Crippen molar-refractivity contribution in [3.8, 4) is 6.19 Å². The third-order valence-corrected chi connectivity index (χ3v) is 3.53. The van der Waals surface area contributed by atoms with Gasteiger partial charge in [0.05, 0.1) is 5.69 Å². The van der Waals surface area contributed by atoms with Gasteiger partial charge in [0.1, 0.15) is 0 Å². The molecule has 0 spiro atoms. The van der Waals surface area contributed by atoms with Crippen LogP contribution in [0.2, 0.25) is 0 Å². The van der Waals surface area contributed by atoms with Crippen molar-refractivity contribution in [3.63, 3.8) is 0 Å². The van der Waals surface area contributed by atoms with E-state index in [9.17, 15) is 0 Å². The summed E-state index contributed by atoms with van der Waals surface area (Å²) in [6.07, 6.45) is 9.33. The Labute approximate surface area is 128 Å². The lowest BCUT2D eigenvalue weighted by atomic mass is 10.1. The van der Waals surface area contributed by atoms with Gasteiger partial charge in [0.15, 0.2) is 11.4 Å².